The van der Waals surface area contributed by atoms with Crippen LogP contribution in [-0.2, 0) is 14.3 Å². The van der Waals surface area contributed by atoms with Gasteiger partial charge in [0.2, 0.25) is 0 Å². The number of rotatable bonds is 8. The summed E-state index contributed by atoms with van der Waals surface area (Å²) in [4.78, 5) is 22.0. The van der Waals surface area contributed by atoms with Gasteiger partial charge in [-0.15, -0.1) is 0 Å². The molecule has 4 nitrogen and oxygen atoms in total. The summed E-state index contributed by atoms with van der Waals surface area (Å²) < 4.78 is 4.42. The van der Waals surface area contributed by atoms with Crippen LogP contribution in [-0.4, -0.2) is 29.6 Å². The van der Waals surface area contributed by atoms with Crippen LogP contribution in [0.3, 0.4) is 0 Å². The molecular weight excluding hydrogens is 238 g/mol. The van der Waals surface area contributed by atoms with E-state index in [1.54, 1.807) is 0 Å². The summed E-state index contributed by atoms with van der Waals surface area (Å²) in [5, 5.41) is 9.45. The number of unbranched alkanes of at least 4 members (excludes halogenated alkanes) is 1. The standard InChI is InChI=1S/C10H19O4P.Na.H/c1-3-4-5-9(12)15-10(13)7-6-8(11)14-2;;/h9,12,15H,3-7H2,1-2H3;;/q;+1;-1. The Balaban J connectivity index is -0.000000980. The largest absolute Gasteiger partial charge is 1.00 e. The van der Waals surface area contributed by atoms with Gasteiger partial charge in [-0.1, -0.05) is 19.8 Å². The molecule has 0 aliphatic rings. The first kappa shape index (κ1) is 18.9. The molecular formula is C10H20NaO4P. The van der Waals surface area contributed by atoms with Gasteiger partial charge in [-0.25, -0.2) is 0 Å². The van der Waals surface area contributed by atoms with Crippen LogP contribution in [0.25, 0.3) is 0 Å². The number of methoxy groups -OCH3 is 1. The zero-order valence-corrected chi connectivity index (χ0v) is 13.3. The second kappa shape index (κ2) is 12.0. The fraction of sp³-hybridized carbons (Fsp3) is 0.800. The van der Waals surface area contributed by atoms with Gasteiger partial charge in [-0.2, -0.15) is 0 Å². The van der Waals surface area contributed by atoms with E-state index in [9.17, 15) is 14.7 Å². The minimum absolute atomic E-state index is 0. The zero-order chi connectivity index (χ0) is 11.7. The smallest absolute Gasteiger partial charge is 1.00 e. The number of ether oxygens (including phenoxy) is 1. The Hall–Kier alpha value is 0.530. The molecule has 0 amide bonds. The molecule has 0 aliphatic carbocycles. The van der Waals surface area contributed by atoms with Crippen LogP contribution in [0, 0.1) is 0 Å². The molecule has 0 saturated heterocycles. The van der Waals surface area contributed by atoms with Gasteiger partial charge in [0.25, 0.3) is 0 Å². The summed E-state index contributed by atoms with van der Waals surface area (Å²) in [5.74, 6) is -0.911. The molecule has 0 aromatic heterocycles. The summed E-state index contributed by atoms with van der Waals surface area (Å²) in [6.07, 6.45) is 2.90. The molecule has 1 N–H and O–H groups in total. The van der Waals surface area contributed by atoms with Crippen molar-refractivity contribution in [1.29, 1.82) is 0 Å². The van der Waals surface area contributed by atoms with Gasteiger partial charge in [0, 0.05) is 6.42 Å². The third kappa shape index (κ3) is 11.0. The van der Waals surface area contributed by atoms with Crippen LogP contribution in [0.15, 0.2) is 0 Å². The van der Waals surface area contributed by atoms with Gasteiger partial charge in [-0.3, -0.25) is 9.59 Å². The number of aliphatic hydroxyl groups excluding tert-OH is 1. The Labute approximate surface area is 122 Å². The number of hydrogen-bond donors (Lipinski definition) is 1. The van der Waals surface area contributed by atoms with Crippen molar-refractivity contribution in [3.8, 4) is 0 Å². The Kier molecular flexibility index (Phi) is 14.2. The van der Waals surface area contributed by atoms with Crippen molar-refractivity contribution in [3.05, 3.63) is 0 Å². The maximum absolute atomic E-state index is 11.3. The maximum Gasteiger partial charge on any atom is 1.00 e. The van der Waals surface area contributed by atoms with Crippen LogP contribution in [0.1, 0.15) is 40.5 Å². The predicted molar refractivity (Wildman–Crippen MR) is 61.2 cm³/mol. The first-order valence-electron chi connectivity index (χ1n) is 5.14. The van der Waals surface area contributed by atoms with Gasteiger partial charge in [0.1, 0.15) is 0 Å². The van der Waals surface area contributed by atoms with Crippen LogP contribution in [0.4, 0.5) is 0 Å². The molecule has 90 valence electrons. The van der Waals surface area contributed by atoms with Crippen molar-refractivity contribution in [2.24, 2.45) is 0 Å². The SMILES string of the molecule is CCCCC(O)PC(=O)CCC(=O)OC.[H-].[Na+]. The molecule has 0 fully saturated rings. The predicted octanol–water partition coefficient (Wildman–Crippen LogP) is -1.23. The molecule has 0 heterocycles. The van der Waals surface area contributed by atoms with Crippen LogP contribution >= 0.6 is 8.58 Å². The Morgan fingerprint density at radius 3 is 2.56 bits per heavy atom. The van der Waals surface area contributed by atoms with E-state index in [4.69, 9.17) is 0 Å². The van der Waals surface area contributed by atoms with Crippen LogP contribution in [0.2, 0.25) is 0 Å². The van der Waals surface area contributed by atoms with Crippen molar-refractivity contribution >= 4 is 20.1 Å². The van der Waals surface area contributed by atoms with Gasteiger partial charge >= 0.3 is 35.5 Å². The summed E-state index contributed by atoms with van der Waals surface area (Å²) in [6, 6.07) is 0. The monoisotopic (exact) mass is 258 g/mol. The zero-order valence-electron chi connectivity index (χ0n) is 11.3. The Morgan fingerprint density at radius 1 is 1.44 bits per heavy atom. The second-order valence-electron chi connectivity index (χ2n) is 3.30. The normalized spacial score (nSPS) is 12.2. The maximum atomic E-state index is 11.3. The molecule has 0 aromatic carbocycles. The van der Waals surface area contributed by atoms with E-state index < -0.39 is 5.85 Å². The average molecular weight is 258 g/mol. The van der Waals surface area contributed by atoms with E-state index in [-0.39, 0.29) is 63.9 Å². The first-order valence-corrected chi connectivity index (χ1v) is 6.22. The molecule has 2 unspecified atom stereocenters. The molecule has 6 heteroatoms. The fourth-order valence-corrected chi connectivity index (χ4v) is 2.03. The van der Waals surface area contributed by atoms with Crippen LogP contribution < -0.4 is 29.6 Å². The second-order valence-corrected chi connectivity index (χ2v) is 4.81. The van der Waals surface area contributed by atoms with E-state index in [0.717, 1.165) is 12.8 Å². The molecule has 0 spiro atoms. The minimum Gasteiger partial charge on any atom is -1.00 e. The van der Waals surface area contributed by atoms with Crippen molar-refractivity contribution < 1.29 is 50.4 Å². The molecule has 0 bridgehead atoms. The van der Waals surface area contributed by atoms with E-state index in [0.29, 0.717) is 6.42 Å². The van der Waals surface area contributed by atoms with Crippen molar-refractivity contribution in [3.63, 3.8) is 0 Å². The summed E-state index contributed by atoms with van der Waals surface area (Å²) in [6.45, 7) is 2.04. The Morgan fingerprint density at radius 2 is 2.06 bits per heavy atom. The summed E-state index contributed by atoms with van der Waals surface area (Å²) >= 11 is 0. The van der Waals surface area contributed by atoms with Gasteiger partial charge in [0.05, 0.1) is 19.4 Å². The number of esters is 1. The molecule has 2 atom stereocenters. The molecule has 0 radical (unpaired) electrons. The van der Waals surface area contributed by atoms with Gasteiger partial charge < -0.3 is 11.3 Å². The molecule has 16 heavy (non-hydrogen) atoms. The molecule has 0 rings (SSSR count). The summed E-state index contributed by atoms with van der Waals surface area (Å²) in [5.41, 5.74) is -0.0518. The minimum atomic E-state index is -0.532. The molecule has 0 aliphatic heterocycles. The first-order chi connectivity index (χ1) is 7.10. The van der Waals surface area contributed by atoms with Gasteiger partial charge in [0.15, 0.2) is 5.52 Å². The summed E-state index contributed by atoms with van der Waals surface area (Å²) in [7, 11) is 1.20. The van der Waals surface area contributed by atoms with E-state index >= 15 is 0 Å². The van der Waals surface area contributed by atoms with Crippen molar-refractivity contribution in [2.75, 3.05) is 7.11 Å². The fourth-order valence-electron chi connectivity index (χ4n) is 1.05. The van der Waals surface area contributed by atoms with E-state index in [1.807, 2.05) is 6.92 Å². The Bertz CT molecular complexity index is 216. The van der Waals surface area contributed by atoms with Crippen LogP contribution in [0.5, 0.6) is 0 Å². The quantitative estimate of drug-likeness (QED) is 0.336. The molecule has 0 saturated carbocycles. The molecule has 0 aromatic rings. The third-order valence-electron chi connectivity index (χ3n) is 1.94. The number of hydrogen-bond acceptors (Lipinski definition) is 4. The van der Waals surface area contributed by atoms with Crippen molar-refractivity contribution in [1.82, 2.24) is 0 Å². The van der Waals surface area contributed by atoms with E-state index in [2.05, 4.69) is 4.74 Å². The van der Waals surface area contributed by atoms with Crippen molar-refractivity contribution in [2.45, 2.75) is 44.9 Å². The topological polar surface area (TPSA) is 63.6 Å². The van der Waals surface area contributed by atoms with Gasteiger partial charge in [-0.05, 0) is 15.0 Å². The number of aliphatic hydroxyl groups is 1. The third-order valence-corrected chi connectivity index (χ3v) is 3.14. The van der Waals surface area contributed by atoms with E-state index in [1.165, 1.54) is 7.11 Å². The average Bonchev–Trinajstić information content (AvgIpc) is 2.22. The number of carbonyl (C=O) groups excluding carboxylic acids is 2. The number of carbonyl (C=O) groups is 2.